The largest absolute Gasteiger partial charge is 1.00 e. The molecule has 1 N–H and O–H groups in total. The Bertz CT molecular complexity index is 228. The Labute approximate surface area is 135 Å². The van der Waals surface area contributed by atoms with E-state index in [1.807, 2.05) is 0 Å². The van der Waals surface area contributed by atoms with Crippen molar-refractivity contribution in [2.24, 2.45) is 0 Å². The summed E-state index contributed by atoms with van der Waals surface area (Å²) in [5.41, 5.74) is 0. The van der Waals surface area contributed by atoms with E-state index in [2.05, 4.69) is 6.92 Å². The van der Waals surface area contributed by atoms with Gasteiger partial charge in [0, 0.05) is 0 Å². The van der Waals surface area contributed by atoms with Gasteiger partial charge in [-0.3, -0.25) is 0 Å². The zero-order valence-corrected chi connectivity index (χ0v) is 13.5. The Morgan fingerprint density at radius 2 is 1.73 bits per heavy atom. The van der Waals surface area contributed by atoms with Gasteiger partial charge in [-0.25, -0.2) is 8.42 Å². The number of hydrogen-bond acceptors (Lipinski definition) is 4. The molecule has 0 rings (SSSR count). The van der Waals surface area contributed by atoms with Crippen molar-refractivity contribution in [2.45, 2.75) is 50.7 Å². The first kappa shape index (κ1) is 18.9. The van der Waals surface area contributed by atoms with Crippen LogP contribution < -0.4 is 51.4 Å². The van der Waals surface area contributed by atoms with Crippen LogP contribution in [0.4, 0.5) is 0 Å². The van der Waals surface area contributed by atoms with Crippen molar-refractivity contribution in [3.63, 3.8) is 0 Å². The number of rotatable bonds is 8. The number of hydrogen-bond donors (Lipinski definition) is 1. The van der Waals surface area contributed by atoms with Gasteiger partial charge in [0.25, 0.3) is 0 Å². The molecule has 1 atom stereocenters. The van der Waals surface area contributed by atoms with Gasteiger partial charge in [-0.05, 0) is 6.42 Å². The van der Waals surface area contributed by atoms with Gasteiger partial charge in [0.2, 0.25) is 0 Å². The monoisotopic (exact) mass is 262 g/mol. The van der Waals surface area contributed by atoms with E-state index >= 15 is 0 Å². The summed E-state index contributed by atoms with van der Waals surface area (Å²) >= 11 is 0. The molecule has 0 radical (unpaired) electrons. The summed E-state index contributed by atoms with van der Waals surface area (Å²) in [5, 5.41) is 7.58. The molecular weight excluding hydrogens is 243 g/mol. The third kappa shape index (κ3) is 10.4. The summed E-state index contributed by atoms with van der Waals surface area (Å²) in [6.07, 6.45) is 5.24. The van der Waals surface area contributed by atoms with Gasteiger partial charge < -0.3 is 9.66 Å². The molecule has 0 aromatic heterocycles. The van der Waals surface area contributed by atoms with Crippen molar-refractivity contribution in [1.82, 2.24) is 0 Å². The summed E-state index contributed by atoms with van der Waals surface area (Å²) in [4.78, 5) is 0. The van der Waals surface area contributed by atoms with E-state index in [4.69, 9.17) is 5.11 Å². The third-order valence-electron chi connectivity index (χ3n) is 2.24. The first-order chi connectivity index (χ1) is 6.52. The zero-order valence-electron chi connectivity index (χ0n) is 9.61. The minimum Gasteiger partial charge on any atom is -0.748 e. The minimum atomic E-state index is -4.31. The second-order valence-corrected chi connectivity index (χ2v) is 5.15. The van der Waals surface area contributed by atoms with Crippen molar-refractivity contribution < 1.29 is 69.5 Å². The van der Waals surface area contributed by atoms with E-state index in [0.717, 1.165) is 25.7 Å². The van der Waals surface area contributed by atoms with Crippen LogP contribution in [-0.2, 0) is 10.1 Å². The van der Waals surface area contributed by atoms with Gasteiger partial charge in [-0.1, -0.05) is 39.0 Å². The molecule has 0 aromatic carbocycles. The van der Waals surface area contributed by atoms with E-state index < -0.39 is 22.0 Å². The Balaban J connectivity index is 0. The summed E-state index contributed by atoms with van der Waals surface area (Å²) in [6.45, 7) is 1.54. The van der Waals surface area contributed by atoms with E-state index in [-0.39, 0.29) is 57.8 Å². The molecule has 1 unspecified atom stereocenters. The molecule has 0 amide bonds. The van der Waals surface area contributed by atoms with E-state index in [1.54, 1.807) is 0 Å². The van der Waals surface area contributed by atoms with E-state index in [9.17, 15) is 13.0 Å². The van der Waals surface area contributed by atoms with Crippen LogP contribution >= 0.6 is 0 Å². The fourth-order valence-electron chi connectivity index (χ4n) is 1.30. The minimum absolute atomic E-state index is 0. The molecule has 0 fully saturated rings. The Kier molecular flexibility index (Phi) is 13.4. The van der Waals surface area contributed by atoms with Crippen LogP contribution in [0.5, 0.6) is 0 Å². The fraction of sp³-hybridized carbons (Fsp3) is 1.00. The number of unbranched alkanes of at least 4 members (excludes halogenated alkanes) is 4. The molecule has 0 saturated carbocycles. The Morgan fingerprint density at radius 1 is 1.20 bits per heavy atom. The van der Waals surface area contributed by atoms with Crippen LogP contribution in [0, 0.1) is 0 Å². The molecule has 15 heavy (non-hydrogen) atoms. The van der Waals surface area contributed by atoms with Crippen LogP contribution in [0.25, 0.3) is 0 Å². The fourth-order valence-corrected chi connectivity index (χ4v) is 1.94. The third-order valence-corrected chi connectivity index (χ3v) is 3.44. The molecular formula is C9H19KO4S. The second-order valence-electron chi connectivity index (χ2n) is 3.50. The molecule has 0 saturated heterocycles. The van der Waals surface area contributed by atoms with Crippen molar-refractivity contribution in [3.8, 4) is 0 Å². The maximum absolute atomic E-state index is 10.6. The van der Waals surface area contributed by atoms with Gasteiger partial charge in [0.1, 0.15) is 0 Å². The number of aliphatic hydroxyl groups is 1. The zero-order chi connectivity index (χ0) is 11.0. The molecule has 0 spiro atoms. The van der Waals surface area contributed by atoms with Gasteiger partial charge in [0.05, 0.1) is 22.0 Å². The smallest absolute Gasteiger partial charge is 0.748 e. The normalized spacial score (nSPS) is 13.3. The molecule has 0 heterocycles. The topological polar surface area (TPSA) is 77.4 Å². The SMILES string of the molecule is CCCCCCCC(CO)S(=O)(=O)[O-].[K+]. The summed E-state index contributed by atoms with van der Waals surface area (Å²) < 4.78 is 31.7. The van der Waals surface area contributed by atoms with Crippen LogP contribution in [0.15, 0.2) is 0 Å². The van der Waals surface area contributed by atoms with Crippen LogP contribution in [-0.4, -0.2) is 29.9 Å². The molecule has 0 aromatic rings. The molecule has 0 aliphatic rings. The van der Waals surface area contributed by atoms with Crippen molar-refractivity contribution >= 4 is 10.1 Å². The molecule has 0 aliphatic heterocycles. The quantitative estimate of drug-likeness (QED) is 0.320. The van der Waals surface area contributed by atoms with Crippen LogP contribution in [0.1, 0.15) is 45.4 Å². The van der Waals surface area contributed by atoms with Gasteiger partial charge in [0.15, 0.2) is 0 Å². The molecule has 86 valence electrons. The summed E-state index contributed by atoms with van der Waals surface area (Å²) in [7, 11) is -4.31. The maximum atomic E-state index is 10.6. The van der Waals surface area contributed by atoms with Gasteiger partial charge in [-0.15, -0.1) is 0 Å². The maximum Gasteiger partial charge on any atom is 1.00 e. The molecule has 0 aliphatic carbocycles. The van der Waals surface area contributed by atoms with Crippen molar-refractivity contribution in [3.05, 3.63) is 0 Å². The average Bonchev–Trinajstić information content (AvgIpc) is 2.09. The predicted molar refractivity (Wildman–Crippen MR) is 53.9 cm³/mol. The first-order valence-corrected chi connectivity index (χ1v) is 6.55. The number of aliphatic hydroxyl groups excluding tert-OH is 1. The van der Waals surface area contributed by atoms with Crippen molar-refractivity contribution in [2.75, 3.05) is 6.61 Å². The average molecular weight is 262 g/mol. The molecule has 6 heteroatoms. The summed E-state index contributed by atoms with van der Waals surface area (Å²) in [5.74, 6) is 0. The molecule has 0 bridgehead atoms. The van der Waals surface area contributed by atoms with E-state index in [0.29, 0.717) is 6.42 Å². The Morgan fingerprint density at radius 3 is 2.13 bits per heavy atom. The summed E-state index contributed by atoms with van der Waals surface area (Å²) in [6, 6.07) is 0. The first-order valence-electron chi connectivity index (χ1n) is 5.08. The second kappa shape index (κ2) is 10.6. The molecule has 4 nitrogen and oxygen atoms in total. The predicted octanol–water partition coefficient (Wildman–Crippen LogP) is -1.74. The van der Waals surface area contributed by atoms with E-state index in [1.165, 1.54) is 0 Å². The Hall–Kier alpha value is 1.51. The van der Waals surface area contributed by atoms with Gasteiger partial charge >= 0.3 is 51.4 Å². The van der Waals surface area contributed by atoms with Crippen molar-refractivity contribution in [1.29, 1.82) is 0 Å². The van der Waals surface area contributed by atoms with Crippen LogP contribution in [0.3, 0.4) is 0 Å². The van der Waals surface area contributed by atoms with Gasteiger partial charge in [-0.2, -0.15) is 0 Å². The van der Waals surface area contributed by atoms with Crippen LogP contribution in [0.2, 0.25) is 0 Å². The standard InChI is InChI=1S/C9H20O4S.K/c1-2-3-4-5-6-7-9(8-10)14(11,12)13;/h9-10H,2-8H2,1H3,(H,11,12,13);/q;+1/p-1.